The summed E-state index contributed by atoms with van der Waals surface area (Å²) in [6.45, 7) is 3.58. The van der Waals surface area contributed by atoms with Crippen molar-refractivity contribution >= 4 is 11.6 Å². The highest BCUT2D eigenvalue weighted by Gasteiger charge is 2.06. The molecule has 22 heavy (non-hydrogen) atoms. The number of hydrogen-bond acceptors (Lipinski definition) is 3. The second kappa shape index (κ2) is 8.14. The molecule has 0 radical (unpaired) electrons. The van der Waals surface area contributed by atoms with Gasteiger partial charge in [0.1, 0.15) is 18.2 Å². The van der Waals surface area contributed by atoms with Crippen molar-refractivity contribution in [3.8, 4) is 5.75 Å². The summed E-state index contributed by atoms with van der Waals surface area (Å²) in [7, 11) is 0. The van der Waals surface area contributed by atoms with E-state index >= 15 is 0 Å². The third kappa shape index (κ3) is 4.86. The summed E-state index contributed by atoms with van der Waals surface area (Å²) in [5.74, 6) is 0.0806. The smallest absolute Gasteiger partial charge is 0.255 e. The minimum atomic E-state index is -0.341. The highest BCUT2D eigenvalue weighted by molar-refractivity contribution is 6.04. The number of rotatable bonds is 7. The predicted octanol–water partition coefficient (Wildman–Crippen LogP) is 3.49. The molecule has 4 nitrogen and oxygen atoms in total. The molecule has 0 saturated heterocycles. The molecule has 0 spiro atoms. The van der Waals surface area contributed by atoms with Crippen LogP contribution in [0.3, 0.4) is 0 Å². The first-order chi connectivity index (χ1) is 10.7. The van der Waals surface area contributed by atoms with Crippen molar-refractivity contribution in [1.29, 1.82) is 0 Å². The maximum atomic E-state index is 12.8. The molecule has 0 aliphatic carbocycles. The maximum Gasteiger partial charge on any atom is 0.255 e. The highest BCUT2D eigenvalue weighted by Crippen LogP contribution is 2.14. The Morgan fingerprint density at radius 1 is 1.05 bits per heavy atom. The summed E-state index contributed by atoms with van der Waals surface area (Å²) in [4.78, 5) is 12.0. The lowest BCUT2D eigenvalue weighted by Crippen LogP contribution is -2.12. The van der Waals surface area contributed by atoms with E-state index in [1.165, 1.54) is 24.3 Å². The first kappa shape index (κ1) is 16.0. The van der Waals surface area contributed by atoms with Crippen molar-refractivity contribution in [1.82, 2.24) is 0 Å². The van der Waals surface area contributed by atoms with Crippen LogP contribution < -0.4 is 10.1 Å². The van der Waals surface area contributed by atoms with E-state index in [9.17, 15) is 9.18 Å². The van der Waals surface area contributed by atoms with E-state index < -0.39 is 0 Å². The number of halogens is 1. The van der Waals surface area contributed by atoms with Gasteiger partial charge in [0, 0.05) is 17.9 Å². The molecule has 116 valence electrons. The quantitative estimate of drug-likeness (QED) is 0.796. The van der Waals surface area contributed by atoms with Crippen LogP contribution in [-0.2, 0) is 4.74 Å². The van der Waals surface area contributed by atoms with Crippen molar-refractivity contribution < 1.29 is 18.7 Å². The van der Waals surface area contributed by atoms with Gasteiger partial charge < -0.3 is 14.8 Å². The monoisotopic (exact) mass is 303 g/mol. The summed E-state index contributed by atoms with van der Waals surface area (Å²) in [5.41, 5.74) is 1.05. The Morgan fingerprint density at radius 2 is 1.73 bits per heavy atom. The second-order valence-electron chi connectivity index (χ2n) is 4.53. The zero-order valence-electron chi connectivity index (χ0n) is 12.3. The average Bonchev–Trinajstić information content (AvgIpc) is 2.54. The second-order valence-corrected chi connectivity index (χ2v) is 4.53. The maximum absolute atomic E-state index is 12.8. The SMILES string of the molecule is CCOCCOc1ccc(C(=O)Nc2ccc(F)cc2)cc1. The van der Waals surface area contributed by atoms with Crippen molar-refractivity contribution in [2.45, 2.75) is 6.92 Å². The minimum absolute atomic E-state index is 0.257. The molecular formula is C17H18FNO3. The van der Waals surface area contributed by atoms with E-state index in [2.05, 4.69) is 5.32 Å². The Kier molecular flexibility index (Phi) is 5.91. The third-order valence-corrected chi connectivity index (χ3v) is 2.92. The molecule has 0 saturated carbocycles. The summed E-state index contributed by atoms with van der Waals surface area (Å²) in [6, 6.07) is 12.4. The molecule has 0 aliphatic heterocycles. The molecule has 2 aromatic rings. The molecular weight excluding hydrogens is 285 g/mol. The molecule has 0 unspecified atom stereocenters. The first-order valence-electron chi connectivity index (χ1n) is 7.06. The van der Waals surface area contributed by atoms with Crippen LogP contribution in [0.15, 0.2) is 48.5 Å². The summed E-state index contributed by atoms with van der Waals surface area (Å²) >= 11 is 0. The fourth-order valence-corrected chi connectivity index (χ4v) is 1.80. The van der Waals surface area contributed by atoms with E-state index in [0.29, 0.717) is 36.8 Å². The summed E-state index contributed by atoms with van der Waals surface area (Å²) in [5, 5.41) is 2.70. The lowest BCUT2D eigenvalue weighted by atomic mass is 10.2. The van der Waals surface area contributed by atoms with Gasteiger partial charge in [-0.25, -0.2) is 4.39 Å². The molecule has 2 rings (SSSR count). The molecule has 0 heterocycles. The number of carbonyl (C=O) groups excluding carboxylic acids is 1. The van der Waals surface area contributed by atoms with E-state index in [1.807, 2.05) is 6.92 Å². The predicted molar refractivity (Wildman–Crippen MR) is 82.8 cm³/mol. The summed E-state index contributed by atoms with van der Waals surface area (Å²) in [6.07, 6.45) is 0. The van der Waals surface area contributed by atoms with Crippen LogP contribution in [0.5, 0.6) is 5.75 Å². The van der Waals surface area contributed by atoms with Crippen LogP contribution in [0.2, 0.25) is 0 Å². The van der Waals surface area contributed by atoms with Crippen LogP contribution in [0.4, 0.5) is 10.1 Å². The Balaban J connectivity index is 1.89. The minimum Gasteiger partial charge on any atom is -0.491 e. The van der Waals surface area contributed by atoms with Gasteiger partial charge in [-0.05, 0) is 55.5 Å². The molecule has 1 amide bonds. The fourth-order valence-electron chi connectivity index (χ4n) is 1.80. The van der Waals surface area contributed by atoms with Gasteiger partial charge >= 0.3 is 0 Å². The highest BCUT2D eigenvalue weighted by atomic mass is 19.1. The normalized spacial score (nSPS) is 10.3. The van der Waals surface area contributed by atoms with Crippen LogP contribution in [0.1, 0.15) is 17.3 Å². The first-order valence-corrected chi connectivity index (χ1v) is 7.06. The number of ether oxygens (including phenoxy) is 2. The van der Waals surface area contributed by atoms with Crippen molar-refractivity contribution in [3.05, 3.63) is 59.9 Å². The zero-order chi connectivity index (χ0) is 15.8. The van der Waals surface area contributed by atoms with Gasteiger partial charge in [-0.1, -0.05) is 0 Å². The lowest BCUT2D eigenvalue weighted by Gasteiger charge is -2.08. The van der Waals surface area contributed by atoms with Crippen LogP contribution in [-0.4, -0.2) is 25.7 Å². The van der Waals surface area contributed by atoms with Gasteiger partial charge in [-0.15, -0.1) is 0 Å². The van der Waals surface area contributed by atoms with Gasteiger partial charge in [-0.2, -0.15) is 0 Å². The standard InChI is InChI=1S/C17H18FNO3/c1-2-21-11-12-22-16-9-3-13(4-10-16)17(20)19-15-7-5-14(18)6-8-15/h3-10H,2,11-12H2,1H3,(H,19,20). The van der Waals surface area contributed by atoms with Gasteiger partial charge in [0.25, 0.3) is 5.91 Å². The van der Waals surface area contributed by atoms with Crippen molar-refractivity contribution in [2.24, 2.45) is 0 Å². The molecule has 0 atom stereocenters. The Labute approximate surface area is 128 Å². The van der Waals surface area contributed by atoms with Gasteiger partial charge in [0.2, 0.25) is 0 Å². The summed E-state index contributed by atoms with van der Waals surface area (Å²) < 4.78 is 23.5. The van der Waals surface area contributed by atoms with Gasteiger partial charge in [0.05, 0.1) is 6.61 Å². The van der Waals surface area contributed by atoms with Crippen LogP contribution in [0, 0.1) is 5.82 Å². The van der Waals surface area contributed by atoms with Gasteiger partial charge in [0.15, 0.2) is 0 Å². The van der Waals surface area contributed by atoms with Crippen molar-refractivity contribution in [2.75, 3.05) is 25.1 Å². The number of anilines is 1. The van der Waals surface area contributed by atoms with E-state index in [-0.39, 0.29) is 11.7 Å². The van der Waals surface area contributed by atoms with Crippen LogP contribution >= 0.6 is 0 Å². The Bertz CT molecular complexity index is 596. The zero-order valence-corrected chi connectivity index (χ0v) is 12.3. The molecule has 0 fully saturated rings. The third-order valence-electron chi connectivity index (χ3n) is 2.92. The Morgan fingerprint density at radius 3 is 2.36 bits per heavy atom. The topological polar surface area (TPSA) is 47.6 Å². The molecule has 0 aliphatic rings. The number of amides is 1. The molecule has 1 N–H and O–H groups in total. The number of hydrogen-bond donors (Lipinski definition) is 1. The van der Waals surface area contributed by atoms with E-state index in [1.54, 1.807) is 24.3 Å². The average molecular weight is 303 g/mol. The number of benzene rings is 2. The lowest BCUT2D eigenvalue weighted by molar-refractivity contribution is 0.102. The number of nitrogens with one attached hydrogen (secondary N) is 1. The molecule has 2 aromatic carbocycles. The van der Waals surface area contributed by atoms with Crippen molar-refractivity contribution in [3.63, 3.8) is 0 Å². The van der Waals surface area contributed by atoms with Crippen LogP contribution in [0.25, 0.3) is 0 Å². The molecule has 0 aromatic heterocycles. The van der Waals surface area contributed by atoms with E-state index in [4.69, 9.17) is 9.47 Å². The van der Waals surface area contributed by atoms with E-state index in [0.717, 1.165) is 0 Å². The fraction of sp³-hybridized carbons (Fsp3) is 0.235. The molecule has 0 bridgehead atoms. The van der Waals surface area contributed by atoms with Gasteiger partial charge in [-0.3, -0.25) is 4.79 Å². The Hall–Kier alpha value is -2.40. The number of carbonyl (C=O) groups is 1. The largest absolute Gasteiger partial charge is 0.491 e. The molecule has 5 heteroatoms.